The summed E-state index contributed by atoms with van der Waals surface area (Å²) in [5, 5.41) is 4.62. The van der Waals surface area contributed by atoms with Gasteiger partial charge in [0.15, 0.2) is 5.58 Å². The van der Waals surface area contributed by atoms with Crippen LogP contribution >= 0.6 is 0 Å². The molecule has 0 radical (unpaired) electrons. The highest BCUT2D eigenvalue weighted by Gasteiger charge is 2.06. The summed E-state index contributed by atoms with van der Waals surface area (Å²) < 4.78 is 17.9. The van der Waals surface area contributed by atoms with E-state index < -0.39 is 0 Å². The molecule has 1 heterocycles. The van der Waals surface area contributed by atoms with E-state index in [-0.39, 0.29) is 5.82 Å². The van der Waals surface area contributed by atoms with Crippen LogP contribution in [0.4, 0.5) is 4.39 Å². The molecular weight excluding hydrogens is 157 g/mol. The van der Waals surface area contributed by atoms with Crippen LogP contribution < -0.4 is 0 Å². The van der Waals surface area contributed by atoms with Gasteiger partial charge in [0.25, 0.3) is 0 Å². The van der Waals surface area contributed by atoms with Gasteiger partial charge in [0.2, 0.25) is 0 Å². The van der Waals surface area contributed by atoms with E-state index in [0.29, 0.717) is 11.1 Å². The number of halogens is 1. The number of benzene rings is 1. The molecule has 0 amide bonds. The van der Waals surface area contributed by atoms with Crippen molar-refractivity contribution in [3.8, 4) is 0 Å². The third-order valence-corrected chi connectivity index (χ3v) is 1.93. The van der Waals surface area contributed by atoms with Crippen molar-refractivity contribution in [1.29, 1.82) is 0 Å². The predicted molar refractivity (Wildman–Crippen MR) is 43.4 cm³/mol. The van der Waals surface area contributed by atoms with Crippen LogP contribution in [-0.4, -0.2) is 5.16 Å². The summed E-state index contributed by atoms with van der Waals surface area (Å²) in [6.07, 6.45) is 0. The minimum Gasteiger partial charge on any atom is -0.356 e. The average molecular weight is 165 g/mol. The minimum absolute atomic E-state index is 0.251. The molecule has 0 saturated carbocycles. The fourth-order valence-corrected chi connectivity index (χ4v) is 1.19. The molecule has 0 saturated heterocycles. The normalized spacial score (nSPS) is 10.9. The molecular formula is C9H8FNO. The van der Waals surface area contributed by atoms with Crippen molar-refractivity contribution in [1.82, 2.24) is 5.16 Å². The lowest BCUT2D eigenvalue weighted by Gasteiger charge is -1.93. The lowest BCUT2D eigenvalue weighted by molar-refractivity contribution is 0.448. The Morgan fingerprint density at radius 2 is 2.08 bits per heavy atom. The zero-order valence-electron chi connectivity index (χ0n) is 6.89. The molecule has 0 unspecified atom stereocenters. The summed E-state index contributed by atoms with van der Waals surface area (Å²) in [5.74, 6) is -0.251. The van der Waals surface area contributed by atoms with Crippen LogP contribution in [0.2, 0.25) is 0 Å². The van der Waals surface area contributed by atoms with Gasteiger partial charge in [-0.25, -0.2) is 4.39 Å². The largest absolute Gasteiger partial charge is 0.356 e. The van der Waals surface area contributed by atoms with Crippen molar-refractivity contribution >= 4 is 11.0 Å². The Bertz CT molecular complexity index is 433. The number of fused-ring (bicyclic) bond motifs is 1. The van der Waals surface area contributed by atoms with Crippen LogP contribution in [0.1, 0.15) is 11.3 Å². The van der Waals surface area contributed by atoms with Crippen LogP contribution in [0.15, 0.2) is 16.7 Å². The molecule has 62 valence electrons. The van der Waals surface area contributed by atoms with Crippen molar-refractivity contribution in [2.24, 2.45) is 0 Å². The second kappa shape index (κ2) is 2.30. The van der Waals surface area contributed by atoms with E-state index >= 15 is 0 Å². The van der Waals surface area contributed by atoms with E-state index in [1.165, 1.54) is 6.07 Å². The van der Waals surface area contributed by atoms with Crippen molar-refractivity contribution in [2.75, 3.05) is 0 Å². The Morgan fingerprint density at radius 3 is 2.83 bits per heavy atom. The number of aryl methyl sites for hydroxylation is 2. The van der Waals surface area contributed by atoms with Crippen molar-refractivity contribution in [2.45, 2.75) is 13.8 Å². The maximum Gasteiger partial charge on any atom is 0.170 e. The van der Waals surface area contributed by atoms with Crippen molar-refractivity contribution in [3.63, 3.8) is 0 Å². The fraction of sp³-hybridized carbons (Fsp3) is 0.222. The van der Waals surface area contributed by atoms with Gasteiger partial charge in [-0.15, -0.1) is 0 Å². The summed E-state index contributed by atoms with van der Waals surface area (Å²) in [6, 6.07) is 3.11. The Hall–Kier alpha value is -1.38. The Balaban J connectivity index is 2.87. The van der Waals surface area contributed by atoms with Gasteiger partial charge < -0.3 is 4.52 Å². The molecule has 0 fully saturated rings. The predicted octanol–water partition coefficient (Wildman–Crippen LogP) is 2.58. The number of nitrogens with zero attached hydrogens (tertiary/aromatic N) is 1. The maximum absolute atomic E-state index is 13.0. The van der Waals surface area contributed by atoms with Gasteiger partial charge in [0.1, 0.15) is 5.82 Å². The monoisotopic (exact) mass is 165 g/mol. The summed E-state index contributed by atoms with van der Waals surface area (Å²) in [4.78, 5) is 0. The van der Waals surface area contributed by atoms with E-state index in [0.717, 1.165) is 11.1 Å². The molecule has 3 heteroatoms. The first-order chi connectivity index (χ1) is 5.68. The Kier molecular flexibility index (Phi) is 1.40. The van der Waals surface area contributed by atoms with E-state index in [2.05, 4.69) is 5.16 Å². The third kappa shape index (κ3) is 0.897. The second-order valence-corrected chi connectivity index (χ2v) is 2.87. The quantitative estimate of drug-likeness (QED) is 0.599. The highest BCUT2D eigenvalue weighted by atomic mass is 19.1. The molecule has 0 bridgehead atoms. The first-order valence-corrected chi connectivity index (χ1v) is 3.70. The van der Waals surface area contributed by atoms with Crippen LogP contribution in [0.5, 0.6) is 0 Å². The molecule has 12 heavy (non-hydrogen) atoms. The number of hydrogen-bond acceptors (Lipinski definition) is 2. The molecule has 0 atom stereocenters. The first-order valence-electron chi connectivity index (χ1n) is 3.70. The Morgan fingerprint density at radius 1 is 1.33 bits per heavy atom. The molecule has 2 rings (SSSR count). The number of hydrogen-bond donors (Lipinski definition) is 0. The van der Waals surface area contributed by atoms with Crippen LogP contribution in [0.3, 0.4) is 0 Å². The second-order valence-electron chi connectivity index (χ2n) is 2.87. The fourth-order valence-electron chi connectivity index (χ4n) is 1.19. The van der Waals surface area contributed by atoms with Crippen molar-refractivity contribution < 1.29 is 8.91 Å². The topological polar surface area (TPSA) is 26.0 Å². The highest BCUT2D eigenvalue weighted by molar-refractivity contribution is 5.79. The standard InChI is InChI=1S/C9H8FNO/c1-5-3-7-6(2)11-12-9(7)4-8(5)10/h3-4H,1-2H3. The third-order valence-electron chi connectivity index (χ3n) is 1.93. The van der Waals surface area contributed by atoms with Gasteiger partial charge in [0, 0.05) is 11.5 Å². The molecule has 0 spiro atoms. The lowest BCUT2D eigenvalue weighted by atomic mass is 10.1. The van der Waals surface area contributed by atoms with E-state index in [1.807, 2.05) is 6.92 Å². The summed E-state index contributed by atoms with van der Waals surface area (Å²) in [7, 11) is 0. The highest BCUT2D eigenvalue weighted by Crippen LogP contribution is 2.21. The van der Waals surface area contributed by atoms with Crippen LogP contribution in [-0.2, 0) is 0 Å². The molecule has 0 aliphatic heterocycles. The van der Waals surface area contributed by atoms with E-state index in [9.17, 15) is 4.39 Å². The molecule has 2 nitrogen and oxygen atoms in total. The van der Waals surface area contributed by atoms with Gasteiger partial charge >= 0.3 is 0 Å². The van der Waals surface area contributed by atoms with Gasteiger partial charge in [-0.3, -0.25) is 0 Å². The molecule has 0 N–H and O–H groups in total. The van der Waals surface area contributed by atoms with Crippen LogP contribution in [0, 0.1) is 19.7 Å². The van der Waals surface area contributed by atoms with Crippen LogP contribution in [0.25, 0.3) is 11.0 Å². The van der Waals surface area contributed by atoms with E-state index in [4.69, 9.17) is 4.52 Å². The summed E-state index contributed by atoms with van der Waals surface area (Å²) in [6.45, 7) is 3.56. The zero-order valence-corrected chi connectivity index (χ0v) is 6.89. The van der Waals surface area contributed by atoms with Gasteiger partial charge in [-0.1, -0.05) is 5.16 Å². The number of aromatic nitrogens is 1. The van der Waals surface area contributed by atoms with Gasteiger partial charge in [0.05, 0.1) is 5.69 Å². The van der Waals surface area contributed by atoms with Crippen molar-refractivity contribution in [3.05, 3.63) is 29.2 Å². The average Bonchev–Trinajstić information content (AvgIpc) is 2.35. The number of rotatable bonds is 0. The zero-order chi connectivity index (χ0) is 8.72. The smallest absolute Gasteiger partial charge is 0.170 e. The lowest BCUT2D eigenvalue weighted by Crippen LogP contribution is -1.80. The van der Waals surface area contributed by atoms with Gasteiger partial charge in [-0.2, -0.15) is 0 Å². The summed E-state index contributed by atoms with van der Waals surface area (Å²) >= 11 is 0. The minimum atomic E-state index is -0.251. The SMILES string of the molecule is Cc1cc2c(C)noc2cc1F. The molecule has 1 aromatic carbocycles. The molecule has 2 aromatic rings. The Labute approximate surface area is 69.0 Å². The molecule has 1 aromatic heterocycles. The molecule has 0 aliphatic carbocycles. The first kappa shape index (κ1) is 7.28. The van der Waals surface area contributed by atoms with Gasteiger partial charge in [-0.05, 0) is 25.5 Å². The maximum atomic E-state index is 13.0. The molecule has 0 aliphatic rings. The van der Waals surface area contributed by atoms with E-state index in [1.54, 1.807) is 13.0 Å². The summed E-state index contributed by atoms with van der Waals surface area (Å²) in [5.41, 5.74) is 1.93.